The maximum Gasteiger partial charge on any atom is 0.333 e. The van der Waals surface area contributed by atoms with E-state index in [0.29, 0.717) is 31.4 Å². The van der Waals surface area contributed by atoms with Crippen molar-refractivity contribution in [1.29, 1.82) is 0 Å². The van der Waals surface area contributed by atoms with Crippen LogP contribution in [0.1, 0.15) is 68.2 Å². The Balaban J connectivity index is 1.70. The Morgan fingerprint density at radius 2 is 1.59 bits per heavy atom. The first kappa shape index (κ1) is 27.9. The fourth-order valence-electron chi connectivity index (χ4n) is 4.52. The molecule has 1 aliphatic heterocycles. The summed E-state index contributed by atoms with van der Waals surface area (Å²) in [4.78, 5) is 52.2. The Bertz CT molecular complexity index is 1070. The van der Waals surface area contributed by atoms with Crippen LogP contribution >= 0.6 is 0 Å². The van der Waals surface area contributed by atoms with Crippen molar-refractivity contribution < 1.29 is 29.1 Å². The van der Waals surface area contributed by atoms with Crippen LogP contribution < -0.4 is 10.8 Å². The van der Waals surface area contributed by atoms with Crippen LogP contribution in [0.4, 0.5) is 0 Å². The van der Waals surface area contributed by atoms with Crippen molar-refractivity contribution in [2.45, 2.75) is 70.5 Å². The molecule has 2 atom stereocenters. The molecule has 9 nitrogen and oxygen atoms in total. The van der Waals surface area contributed by atoms with Gasteiger partial charge in [-0.3, -0.25) is 19.6 Å². The van der Waals surface area contributed by atoms with Crippen LogP contribution in [0.25, 0.3) is 0 Å². The van der Waals surface area contributed by atoms with E-state index in [1.54, 1.807) is 41.6 Å². The second-order valence-electron chi connectivity index (χ2n) is 9.06. The number of esters is 1. The van der Waals surface area contributed by atoms with Gasteiger partial charge in [0.25, 0.3) is 0 Å². The number of ether oxygens (including phenoxy) is 1. The summed E-state index contributed by atoms with van der Waals surface area (Å²) in [6.07, 6.45) is 3.63. The molecule has 0 unspecified atom stereocenters. The minimum absolute atomic E-state index is 0.129. The van der Waals surface area contributed by atoms with Crippen molar-refractivity contribution in [2.75, 3.05) is 6.61 Å². The van der Waals surface area contributed by atoms with Gasteiger partial charge in [0, 0.05) is 25.8 Å². The summed E-state index contributed by atoms with van der Waals surface area (Å²) in [5.74, 6) is -1.51. The summed E-state index contributed by atoms with van der Waals surface area (Å²) in [7, 11) is 0. The highest BCUT2D eigenvalue weighted by Crippen LogP contribution is 2.26. The zero-order valence-corrected chi connectivity index (χ0v) is 21.2. The van der Waals surface area contributed by atoms with Crippen molar-refractivity contribution >= 4 is 23.7 Å². The van der Waals surface area contributed by atoms with Crippen LogP contribution in [-0.2, 0) is 36.9 Å². The SMILES string of the molecule is CCOC(=O)[C@@H](NC(=O)[C@@H]1Cc2ccccc2CN1C(=O)CCCCCCC(=O)NO)c1ccccc1. The van der Waals surface area contributed by atoms with Crippen LogP contribution in [0.2, 0.25) is 0 Å². The fourth-order valence-corrected chi connectivity index (χ4v) is 4.52. The van der Waals surface area contributed by atoms with E-state index in [9.17, 15) is 19.2 Å². The molecule has 0 fully saturated rings. The van der Waals surface area contributed by atoms with Gasteiger partial charge in [0.2, 0.25) is 17.7 Å². The number of hydroxylamine groups is 1. The van der Waals surface area contributed by atoms with Gasteiger partial charge in [-0.15, -0.1) is 0 Å². The molecule has 3 N–H and O–H groups in total. The van der Waals surface area contributed by atoms with Crippen LogP contribution in [-0.4, -0.2) is 46.4 Å². The Hall–Kier alpha value is -3.72. The van der Waals surface area contributed by atoms with Crippen molar-refractivity contribution in [3.63, 3.8) is 0 Å². The van der Waals surface area contributed by atoms with E-state index in [0.717, 1.165) is 24.0 Å². The predicted molar refractivity (Wildman–Crippen MR) is 136 cm³/mol. The van der Waals surface area contributed by atoms with Crippen molar-refractivity contribution in [1.82, 2.24) is 15.7 Å². The third-order valence-corrected chi connectivity index (χ3v) is 6.48. The van der Waals surface area contributed by atoms with E-state index >= 15 is 0 Å². The average Bonchev–Trinajstić information content (AvgIpc) is 2.92. The molecule has 2 aromatic rings. The highest BCUT2D eigenvalue weighted by atomic mass is 16.5. The van der Waals surface area contributed by atoms with Gasteiger partial charge >= 0.3 is 5.97 Å². The first-order valence-corrected chi connectivity index (χ1v) is 12.8. The highest BCUT2D eigenvalue weighted by molar-refractivity contribution is 5.92. The molecule has 0 saturated carbocycles. The topological polar surface area (TPSA) is 125 Å². The van der Waals surface area contributed by atoms with E-state index in [2.05, 4.69) is 5.32 Å². The van der Waals surface area contributed by atoms with Gasteiger partial charge in [-0.2, -0.15) is 0 Å². The number of unbranched alkanes of at least 4 members (excludes halogenated alkanes) is 3. The van der Waals surface area contributed by atoms with Crippen LogP contribution in [0.15, 0.2) is 54.6 Å². The lowest BCUT2D eigenvalue weighted by Gasteiger charge is -2.36. The molecule has 3 rings (SSSR count). The third-order valence-electron chi connectivity index (χ3n) is 6.48. The molecule has 0 saturated heterocycles. The Morgan fingerprint density at radius 3 is 2.27 bits per heavy atom. The zero-order valence-electron chi connectivity index (χ0n) is 21.2. The summed E-state index contributed by atoms with van der Waals surface area (Å²) < 4.78 is 5.21. The van der Waals surface area contributed by atoms with E-state index in [4.69, 9.17) is 9.94 Å². The van der Waals surface area contributed by atoms with E-state index < -0.39 is 29.9 Å². The molecule has 0 aliphatic carbocycles. The number of rotatable bonds is 12. The zero-order chi connectivity index (χ0) is 26.6. The number of benzene rings is 2. The predicted octanol–water partition coefficient (Wildman–Crippen LogP) is 3.21. The maximum atomic E-state index is 13.6. The van der Waals surface area contributed by atoms with Crippen molar-refractivity contribution in [3.8, 4) is 0 Å². The van der Waals surface area contributed by atoms with E-state index in [1.165, 1.54) is 0 Å². The number of nitrogens with zero attached hydrogens (tertiary/aromatic N) is 1. The van der Waals surface area contributed by atoms with Crippen LogP contribution in [0, 0.1) is 0 Å². The largest absolute Gasteiger partial charge is 0.464 e. The number of fused-ring (bicyclic) bond motifs is 1. The fraction of sp³-hybridized carbons (Fsp3) is 0.429. The lowest BCUT2D eigenvalue weighted by Crippen LogP contribution is -2.53. The highest BCUT2D eigenvalue weighted by Gasteiger charge is 2.36. The first-order valence-electron chi connectivity index (χ1n) is 12.8. The normalized spacial score (nSPS) is 15.3. The van der Waals surface area contributed by atoms with E-state index in [-0.39, 0.29) is 25.4 Å². The molecular weight excluding hydrogens is 474 g/mol. The molecule has 1 heterocycles. The lowest BCUT2D eigenvalue weighted by molar-refractivity contribution is -0.149. The summed E-state index contributed by atoms with van der Waals surface area (Å²) in [6.45, 7) is 2.21. The summed E-state index contributed by atoms with van der Waals surface area (Å²) in [5.41, 5.74) is 4.22. The molecule has 0 aromatic heterocycles. The number of carbonyl (C=O) groups is 4. The number of hydrogen-bond acceptors (Lipinski definition) is 6. The van der Waals surface area contributed by atoms with E-state index in [1.807, 2.05) is 30.3 Å². The lowest BCUT2D eigenvalue weighted by atomic mass is 9.92. The molecular formula is C28H35N3O6. The number of hydrogen-bond donors (Lipinski definition) is 3. The number of nitrogens with one attached hydrogen (secondary N) is 2. The van der Waals surface area contributed by atoms with Gasteiger partial charge < -0.3 is 15.0 Å². The monoisotopic (exact) mass is 509 g/mol. The molecule has 37 heavy (non-hydrogen) atoms. The summed E-state index contributed by atoms with van der Waals surface area (Å²) >= 11 is 0. The first-order chi connectivity index (χ1) is 17.9. The van der Waals surface area contributed by atoms with Crippen LogP contribution in [0.5, 0.6) is 0 Å². The molecule has 9 heteroatoms. The second-order valence-corrected chi connectivity index (χ2v) is 9.06. The summed E-state index contributed by atoms with van der Waals surface area (Å²) in [5, 5.41) is 11.4. The smallest absolute Gasteiger partial charge is 0.333 e. The minimum Gasteiger partial charge on any atom is -0.464 e. The Kier molecular flexibility index (Phi) is 10.6. The number of amides is 3. The molecule has 3 amide bonds. The van der Waals surface area contributed by atoms with Crippen LogP contribution in [0.3, 0.4) is 0 Å². The molecule has 0 radical (unpaired) electrons. The summed E-state index contributed by atoms with van der Waals surface area (Å²) in [6, 6.07) is 14.9. The standard InChI is InChI=1S/C28H35N3O6/c1-2-37-28(35)26(20-12-6-5-7-13-20)29-27(34)23-18-21-14-10-11-15-22(21)19-31(23)25(33)17-9-4-3-8-16-24(32)30-36/h5-7,10-15,23,26,36H,2-4,8-9,16-19H2,1H3,(H,29,34)(H,30,32)/t23-,26-/m0/s1. The Labute approximate surface area is 217 Å². The van der Waals surface area contributed by atoms with Gasteiger partial charge in [-0.25, -0.2) is 10.3 Å². The van der Waals surface area contributed by atoms with Gasteiger partial charge in [0.1, 0.15) is 6.04 Å². The second kappa shape index (κ2) is 14.1. The molecule has 1 aliphatic rings. The van der Waals surface area contributed by atoms with Gasteiger partial charge in [-0.1, -0.05) is 67.4 Å². The maximum absolute atomic E-state index is 13.6. The molecule has 198 valence electrons. The minimum atomic E-state index is -0.973. The van der Waals surface area contributed by atoms with Gasteiger partial charge in [-0.05, 0) is 36.5 Å². The van der Waals surface area contributed by atoms with Crippen molar-refractivity contribution in [2.24, 2.45) is 0 Å². The van der Waals surface area contributed by atoms with Gasteiger partial charge in [0.05, 0.1) is 6.61 Å². The quantitative estimate of drug-likeness (QED) is 0.175. The average molecular weight is 510 g/mol. The molecule has 0 spiro atoms. The van der Waals surface area contributed by atoms with Gasteiger partial charge in [0.15, 0.2) is 6.04 Å². The number of carbonyl (C=O) groups excluding carboxylic acids is 4. The Morgan fingerprint density at radius 1 is 0.946 bits per heavy atom. The third kappa shape index (κ3) is 7.88. The van der Waals surface area contributed by atoms with Crippen molar-refractivity contribution in [3.05, 3.63) is 71.3 Å². The molecule has 0 bridgehead atoms. The molecule has 2 aromatic carbocycles.